The molecule has 0 radical (unpaired) electrons. The summed E-state index contributed by atoms with van der Waals surface area (Å²) in [7, 11) is 1.87. The Hall–Kier alpha value is -3.42. The third kappa shape index (κ3) is 3.83. The second kappa shape index (κ2) is 8.50. The number of carbonyl (C=O) groups excluding carboxylic acids is 2. The molecular weight excluding hydrogens is 418 g/mol. The standard InChI is InChI=1S/C25H29N5O3/c1-15-18-8-4-5-9-21(18)33-22(15)25(32)30-12-10-19-20(14-30)27-23(28-24(19)26-3)17-7-6-11-29(13-17)16(2)31/h4-5,8-9,17H,6-7,10-14H2,1-3H3,(H,26,27,28)/t17-/m0/s1. The van der Waals surface area contributed by atoms with Gasteiger partial charge in [-0.2, -0.15) is 0 Å². The van der Waals surface area contributed by atoms with Crippen LogP contribution in [0.15, 0.2) is 28.7 Å². The van der Waals surface area contributed by atoms with Gasteiger partial charge in [0.1, 0.15) is 17.2 Å². The predicted octanol–water partition coefficient (Wildman–Crippen LogP) is 3.50. The molecule has 0 unspecified atom stereocenters. The Balaban J connectivity index is 1.44. The van der Waals surface area contributed by atoms with Crippen LogP contribution in [0.25, 0.3) is 11.0 Å². The van der Waals surface area contributed by atoms with Crippen LogP contribution in [0.4, 0.5) is 5.82 Å². The lowest BCUT2D eigenvalue weighted by molar-refractivity contribution is -0.130. The Bertz CT molecular complexity index is 1230. The smallest absolute Gasteiger partial charge is 0.290 e. The Morgan fingerprint density at radius 1 is 1.15 bits per heavy atom. The number of furan rings is 1. The van der Waals surface area contributed by atoms with Gasteiger partial charge in [0, 0.05) is 56.0 Å². The summed E-state index contributed by atoms with van der Waals surface area (Å²) in [5, 5.41) is 4.18. The molecule has 2 aliphatic rings. The number of amides is 2. The lowest BCUT2D eigenvalue weighted by Gasteiger charge is -2.33. The number of nitrogens with zero attached hydrogens (tertiary/aromatic N) is 4. The molecule has 8 nitrogen and oxygen atoms in total. The third-order valence-electron chi connectivity index (χ3n) is 6.88. The van der Waals surface area contributed by atoms with Crippen molar-refractivity contribution in [1.82, 2.24) is 19.8 Å². The molecule has 0 saturated carbocycles. The molecule has 4 heterocycles. The maximum Gasteiger partial charge on any atom is 0.290 e. The molecule has 1 saturated heterocycles. The second-order valence-electron chi connectivity index (χ2n) is 8.94. The van der Waals surface area contributed by atoms with Gasteiger partial charge in [-0.3, -0.25) is 9.59 Å². The van der Waals surface area contributed by atoms with E-state index in [0.717, 1.165) is 58.8 Å². The number of piperidine rings is 1. The monoisotopic (exact) mass is 447 g/mol. The molecule has 8 heteroatoms. The first-order valence-electron chi connectivity index (χ1n) is 11.6. The molecule has 0 spiro atoms. The Morgan fingerprint density at radius 3 is 2.73 bits per heavy atom. The van der Waals surface area contributed by atoms with Gasteiger partial charge >= 0.3 is 0 Å². The van der Waals surface area contributed by atoms with Crippen molar-refractivity contribution < 1.29 is 14.0 Å². The molecule has 0 aliphatic carbocycles. The molecule has 2 amide bonds. The van der Waals surface area contributed by atoms with Gasteiger partial charge in [-0.1, -0.05) is 18.2 Å². The average Bonchev–Trinajstić information content (AvgIpc) is 3.19. The SMILES string of the molecule is CNc1nc([C@H]2CCCN(C(C)=O)C2)nc2c1CCN(C(=O)c1oc3ccccc3c1C)C2. The topological polar surface area (TPSA) is 91.6 Å². The minimum Gasteiger partial charge on any atom is -0.451 e. The van der Waals surface area contributed by atoms with Crippen LogP contribution >= 0.6 is 0 Å². The van der Waals surface area contributed by atoms with Crippen molar-refractivity contribution in [2.75, 3.05) is 32.0 Å². The van der Waals surface area contributed by atoms with Gasteiger partial charge in [-0.25, -0.2) is 9.97 Å². The number of rotatable bonds is 3. The van der Waals surface area contributed by atoms with Gasteiger partial charge in [-0.05, 0) is 32.3 Å². The number of hydrogen-bond donors (Lipinski definition) is 1. The molecular formula is C25H29N5O3. The molecule has 1 atom stereocenters. The minimum absolute atomic E-state index is 0.0875. The fourth-order valence-electron chi connectivity index (χ4n) is 5.01. The van der Waals surface area contributed by atoms with Crippen molar-refractivity contribution >= 4 is 28.6 Å². The van der Waals surface area contributed by atoms with E-state index in [1.54, 1.807) is 6.92 Å². The average molecular weight is 448 g/mol. The van der Waals surface area contributed by atoms with Gasteiger partial charge in [-0.15, -0.1) is 0 Å². The fourth-order valence-corrected chi connectivity index (χ4v) is 5.01. The van der Waals surface area contributed by atoms with E-state index in [9.17, 15) is 9.59 Å². The number of likely N-dealkylation sites (tertiary alicyclic amines) is 1. The van der Waals surface area contributed by atoms with Crippen molar-refractivity contribution in [3.8, 4) is 0 Å². The largest absolute Gasteiger partial charge is 0.451 e. The number of benzene rings is 1. The molecule has 1 aromatic carbocycles. The van der Waals surface area contributed by atoms with E-state index in [0.29, 0.717) is 31.8 Å². The summed E-state index contributed by atoms with van der Waals surface area (Å²) >= 11 is 0. The highest BCUT2D eigenvalue weighted by Crippen LogP contribution is 2.31. The van der Waals surface area contributed by atoms with Crippen LogP contribution in [0, 0.1) is 6.92 Å². The van der Waals surface area contributed by atoms with Gasteiger partial charge in [0.05, 0.1) is 12.2 Å². The van der Waals surface area contributed by atoms with E-state index in [-0.39, 0.29) is 17.7 Å². The van der Waals surface area contributed by atoms with Gasteiger partial charge < -0.3 is 19.5 Å². The summed E-state index contributed by atoms with van der Waals surface area (Å²) in [6.45, 7) is 5.96. The predicted molar refractivity (Wildman–Crippen MR) is 125 cm³/mol. The zero-order chi connectivity index (χ0) is 23.1. The van der Waals surface area contributed by atoms with Crippen LogP contribution in [0.5, 0.6) is 0 Å². The maximum atomic E-state index is 13.4. The van der Waals surface area contributed by atoms with E-state index in [4.69, 9.17) is 14.4 Å². The highest BCUT2D eigenvalue weighted by Gasteiger charge is 2.31. The molecule has 172 valence electrons. The van der Waals surface area contributed by atoms with E-state index < -0.39 is 0 Å². The lowest BCUT2D eigenvalue weighted by atomic mass is 9.96. The Morgan fingerprint density at radius 2 is 1.97 bits per heavy atom. The van der Waals surface area contributed by atoms with Crippen LogP contribution in [-0.4, -0.2) is 58.3 Å². The summed E-state index contributed by atoms with van der Waals surface area (Å²) in [4.78, 5) is 38.7. The van der Waals surface area contributed by atoms with Crippen LogP contribution in [0.2, 0.25) is 0 Å². The summed E-state index contributed by atoms with van der Waals surface area (Å²) < 4.78 is 5.93. The molecule has 1 N–H and O–H groups in total. The van der Waals surface area contributed by atoms with Crippen molar-refractivity contribution in [2.24, 2.45) is 0 Å². The van der Waals surface area contributed by atoms with Crippen LogP contribution in [-0.2, 0) is 17.8 Å². The molecule has 3 aromatic rings. The van der Waals surface area contributed by atoms with Crippen LogP contribution in [0.3, 0.4) is 0 Å². The number of aryl methyl sites for hydroxylation is 1. The molecule has 1 fully saturated rings. The van der Waals surface area contributed by atoms with Gasteiger partial charge in [0.2, 0.25) is 5.91 Å². The number of para-hydroxylation sites is 1. The highest BCUT2D eigenvalue weighted by atomic mass is 16.3. The molecule has 5 rings (SSSR count). The summed E-state index contributed by atoms with van der Waals surface area (Å²) in [5.74, 6) is 2.04. The first kappa shape index (κ1) is 21.4. The van der Waals surface area contributed by atoms with E-state index in [1.807, 2.05) is 48.0 Å². The number of fused-ring (bicyclic) bond motifs is 2. The number of aromatic nitrogens is 2. The Labute approximate surface area is 193 Å². The van der Waals surface area contributed by atoms with Crippen molar-refractivity contribution in [3.05, 3.63) is 52.7 Å². The van der Waals surface area contributed by atoms with Crippen LogP contribution in [0.1, 0.15) is 58.9 Å². The fraction of sp³-hybridized carbons (Fsp3) is 0.440. The summed E-state index contributed by atoms with van der Waals surface area (Å²) in [6.07, 6.45) is 2.57. The normalized spacial score (nSPS) is 18.3. The number of anilines is 1. The molecule has 0 bridgehead atoms. The third-order valence-corrected chi connectivity index (χ3v) is 6.88. The van der Waals surface area contributed by atoms with Gasteiger partial charge in [0.25, 0.3) is 5.91 Å². The van der Waals surface area contributed by atoms with Crippen LogP contribution < -0.4 is 5.32 Å². The number of nitrogens with one attached hydrogen (secondary N) is 1. The maximum absolute atomic E-state index is 13.4. The van der Waals surface area contributed by atoms with E-state index in [1.165, 1.54) is 0 Å². The molecule has 2 aromatic heterocycles. The van der Waals surface area contributed by atoms with Crippen molar-refractivity contribution in [3.63, 3.8) is 0 Å². The van der Waals surface area contributed by atoms with Gasteiger partial charge in [0.15, 0.2) is 5.76 Å². The lowest BCUT2D eigenvalue weighted by Crippen LogP contribution is -2.39. The summed E-state index contributed by atoms with van der Waals surface area (Å²) in [6, 6.07) is 7.72. The molecule has 33 heavy (non-hydrogen) atoms. The quantitative estimate of drug-likeness (QED) is 0.661. The zero-order valence-corrected chi connectivity index (χ0v) is 19.4. The highest BCUT2D eigenvalue weighted by molar-refractivity contribution is 5.99. The number of hydrogen-bond acceptors (Lipinski definition) is 6. The van der Waals surface area contributed by atoms with Crippen molar-refractivity contribution in [2.45, 2.75) is 45.6 Å². The first-order chi connectivity index (χ1) is 16.0. The number of carbonyl (C=O) groups is 2. The van der Waals surface area contributed by atoms with Crippen molar-refractivity contribution in [1.29, 1.82) is 0 Å². The Kier molecular flexibility index (Phi) is 5.52. The zero-order valence-electron chi connectivity index (χ0n) is 19.4. The van der Waals surface area contributed by atoms with E-state index >= 15 is 0 Å². The second-order valence-corrected chi connectivity index (χ2v) is 8.94. The van der Waals surface area contributed by atoms with E-state index in [2.05, 4.69) is 5.32 Å². The molecule has 2 aliphatic heterocycles. The first-order valence-corrected chi connectivity index (χ1v) is 11.6. The minimum atomic E-state index is -0.110. The summed E-state index contributed by atoms with van der Waals surface area (Å²) in [5.41, 5.74) is 3.53.